The molecule has 2 rings (SSSR count). The lowest BCUT2D eigenvalue weighted by atomic mass is 10.1. The van der Waals surface area contributed by atoms with Crippen LogP contribution in [0.15, 0.2) is 5.38 Å². The van der Waals surface area contributed by atoms with E-state index in [1.165, 1.54) is 24.5 Å². The van der Waals surface area contributed by atoms with Gasteiger partial charge in [-0.3, -0.25) is 9.80 Å². The van der Waals surface area contributed by atoms with Crippen LogP contribution in [-0.2, 0) is 5.88 Å². The number of piperazine rings is 1. The Hall–Kier alpha value is -0.160. The van der Waals surface area contributed by atoms with Gasteiger partial charge < -0.3 is 0 Å². The van der Waals surface area contributed by atoms with Crippen LogP contribution in [0.5, 0.6) is 0 Å². The molecule has 2 unspecified atom stereocenters. The maximum atomic E-state index is 5.82. The van der Waals surface area contributed by atoms with Crippen LogP contribution in [0.3, 0.4) is 0 Å². The Labute approximate surface area is 125 Å². The summed E-state index contributed by atoms with van der Waals surface area (Å²) in [5.74, 6) is 0.519. The molecule has 0 radical (unpaired) electrons. The van der Waals surface area contributed by atoms with Crippen molar-refractivity contribution in [3.05, 3.63) is 16.1 Å². The smallest absolute Gasteiger partial charge is 0.110 e. The minimum absolute atomic E-state index is 0.418. The van der Waals surface area contributed by atoms with Gasteiger partial charge in [-0.05, 0) is 20.3 Å². The second-order valence-corrected chi connectivity index (χ2v) is 6.47. The van der Waals surface area contributed by atoms with Crippen molar-refractivity contribution in [1.29, 1.82) is 0 Å². The highest BCUT2D eigenvalue weighted by Crippen LogP contribution is 2.25. The lowest BCUT2D eigenvalue weighted by molar-refractivity contribution is 0.0772. The summed E-state index contributed by atoms with van der Waals surface area (Å²) in [5.41, 5.74) is 1.01. The van der Waals surface area contributed by atoms with Crippen LogP contribution in [0.2, 0.25) is 0 Å². The highest BCUT2D eigenvalue weighted by molar-refractivity contribution is 7.09. The maximum absolute atomic E-state index is 5.82. The predicted molar refractivity (Wildman–Crippen MR) is 83.0 cm³/mol. The minimum atomic E-state index is 0.418. The lowest BCUT2D eigenvalue weighted by Gasteiger charge is -2.39. The van der Waals surface area contributed by atoms with Gasteiger partial charge in [0, 0.05) is 37.6 Å². The first-order valence-electron chi connectivity index (χ1n) is 7.14. The second-order valence-electron chi connectivity index (χ2n) is 5.32. The standard InChI is InChI=1S/C14H24ClN3S/c1-4-11(2)17-5-7-18(8-6-17)12(3)14-16-13(9-15)10-19-14/h10-12H,4-9H2,1-3H3. The van der Waals surface area contributed by atoms with E-state index >= 15 is 0 Å². The molecule has 0 amide bonds. The third-order valence-electron chi connectivity index (χ3n) is 4.17. The summed E-state index contributed by atoms with van der Waals surface area (Å²) in [5, 5.41) is 3.28. The molecule has 1 aliphatic rings. The number of hydrogen-bond acceptors (Lipinski definition) is 4. The molecule has 0 bridgehead atoms. The first kappa shape index (κ1) is 15.2. The molecule has 2 atom stereocenters. The largest absolute Gasteiger partial charge is 0.298 e. The molecule has 0 aliphatic carbocycles. The van der Waals surface area contributed by atoms with Gasteiger partial charge >= 0.3 is 0 Å². The first-order chi connectivity index (χ1) is 9.15. The highest BCUT2D eigenvalue weighted by Gasteiger charge is 2.25. The van der Waals surface area contributed by atoms with E-state index in [0.29, 0.717) is 18.0 Å². The Morgan fingerprint density at radius 1 is 1.26 bits per heavy atom. The molecule has 1 saturated heterocycles. The van der Waals surface area contributed by atoms with Crippen LogP contribution < -0.4 is 0 Å². The van der Waals surface area contributed by atoms with Crippen molar-refractivity contribution >= 4 is 22.9 Å². The molecule has 3 nitrogen and oxygen atoms in total. The van der Waals surface area contributed by atoms with E-state index in [4.69, 9.17) is 11.6 Å². The van der Waals surface area contributed by atoms with E-state index in [-0.39, 0.29) is 0 Å². The Kier molecular flexibility index (Phi) is 5.63. The fourth-order valence-electron chi connectivity index (χ4n) is 2.56. The molecule has 0 spiro atoms. The summed E-state index contributed by atoms with van der Waals surface area (Å²) in [6.45, 7) is 11.5. The number of aromatic nitrogens is 1. The Bertz CT molecular complexity index is 388. The van der Waals surface area contributed by atoms with Gasteiger partial charge in [0.1, 0.15) is 5.01 Å². The first-order valence-corrected chi connectivity index (χ1v) is 8.55. The van der Waals surface area contributed by atoms with Crippen LogP contribution in [0.25, 0.3) is 0 Å². The second kappa shape index (κ2) is 7.02. The van der Waals surface area contributed by atoms with Crippen LogP contribution in [-0.4, -0.2) is 47.0 Å². The molecule has 19 heavy (non-hydrogen) atoms. The Morgan fingerprint density at radius 2 is 1.89 bits per heavy atom. The van der Waals surface area contributed by atoms with Crippen molar-refractivity contribution in [3.8, 4) is 0 Å². The SMILES string of the molecule is CCC(C)N1CCN(C(C)c2nc(CCl)cs2)CC1. The quantitative estimate of drug-likeness (QED) is 0.778. The van der Waals surface area contributed by atoms with Gasteiger partial charge in [-0.1, -0.05) is 6.92 Å². The van der Waals surface area contributed by atoms with E-state index in [0.717, 1.165) is 18.8 Å². The van der Waals surface area contributed by atoms with Crippen molar-refractivity contribution in [2.24, 2.45) is 0 Å². The molecule has 1 aromatic heterocycles. The molecule has 2 heterocycles. The van der Waals surface area contributed by atoms with Gasteiger partial charge in [0.15, 0.2) is 0 Å². The van der Waals surface area contributed by atoms with Gasteiger partial charge in [0.2, 0.25) is 0 Å². The van der Waals surface area contributed by atoms with E-state index < -0.39 is 0 Å². The summed E-state index contributed by atoms with van der Waals surface area (Å²) in [6, 6.07) is 1.13. The topological polar surface area (TPSA) is 19.4 Å². The average molecular weight is 302 g/mol. The van der Waals surface area contributed by atoms with Gasteiger partial charge in [-0.2, -0.15) is 0 Å². The highest BCUT2D eigenvalue weighted by atomic mass is 35.5. The predicted octanol–water partition coefficient (Wildman–Crippen LogP) is 3.36. The van der Waals surface area contributed by atoms with Crippen molar-refractivity contribution in [3.63, 3.8) is 0 Å². The van der Waals surface area contributed by atoms with Crippen LogP contribution in [0.1, 0.15) is 43.9 Å². The molecule has 1 aromatic rings. The van der Waals surface area contributed by atoms with Crippen LogP contribution >= 0.6 is 22.9 Å². The summed E-state index contributed by atoms with van der Waals surface area (Å²) < 4.78 is 0. The van der Waals surface area contributed by atoms with Crippen molar-refractivity contribution in [2.75, 3.05) is 26.2 Å². The van der Waals surface area contributed by atoms with Crippen LogP contribution in [0.4, 0.5) is 0 Å². The summed E-state index contributed by atoms with van der Waals surface area (Å²) in [6.07, 6.45) is 1.24. The van der Waals surface area contributed by atoms with Gasteiger partial charge in [0.05, 0.1) is 17.6 Å². The average Bonchev–Trinajstić information content (AvgIpc) is 2.94. The van der Waals surface area contributed by atoms with Crippen molar-refractivity contribution in [1.82, 2.24) is 14.8 Å². The summed E-state index contributed by atoms with van der Waals surface area (Å²) in [4.78, 5) is 9.74. The van der Waals surface area contributed by atoms with Crippen molar-refractivity contribution in [2.45, 2.75) is 45.2 Å². The third kappa shape index (κ3) is 3.69. The maximum Gasteiger partial charge on any atom is 0.110 e. The zero-order valence-corrected chi connectivity index (χ0v) is 13.7. The zero-order valence-electron chi connectivity index (χ0n) is 12.1. The molecule has 0 aromatic carbocycles. The lowest BCUT2D eigenvalue weighted by Crippen LogP contribution is -2.49. The van der Waals surface area contributed by atoms with Gasteiger partial charge in [-0.15, -0.1) is 22.9 Å². The van der Waals surface area contributed by atoms with E-state index in [2.05, 4.69) is 40.9 Å². The fourth-order valence-corrected chi connectivity index (χ4v) is 3.69. The number of alkyl halides is 1. The fraction of sp³-hybridized carbons (Fsp3) is 0.786. The number of halogens is 1. The molecule has 0 N–H and O–H groups in total. The van der Waals surface area contributed by atoms with E-state index in [1.54, 1.807) is 11.3 Å². The number of thiazole rings is 1. The number of nitrogens with zero attached hydrogens (tertiary/aromatic N) is 3. The molecular formula is C14H24ClN3S. The number of hydrogen-bond donors (Lipinski definition) is 0. The molecule has 108 valence electrons. The monoisotopic (exact) mass is 301 g/mol. The Balaban J connectivity index is 1.90. The normalized spacial score (nSPS) is 21.5. The van der Waals surface area contributed by atoms with Crippen molar-refractivity contribution < 1.29 is 0 Å². The molecule has 5 heteroatoms. The molecular weight excluding hydrogens is 278 g/mol. The molecule has 1 aliphatic heterocycles. The van der Waals surface area contributed by atoms with Gasteiger partial charge in [0.25, 0.3) is 0 Å². The van der Waals surface area contributed by atoms with Crippen LogP contribution in [0, 0.1) is 0 Å². The minimum Gasteiger partial charge on any atom is -0.298 e. The zero-order chi connectivity index (χ0) is 13.8. The Morgan fingerprint density at radius 3 is 2.42 bits per heavy atom. The summed E-state index contributed by atoms with van der Waals surface area (Å²) in [7, 11) is 0. The molecule has 0 saturated carbocycles. The van der Waals surface area contributed by atoms with Gasteiger partial charge in [-0.25, -0.2) is 4.98 Å². The van der Waals surface area contributed by atoms with E-state index in [1.807, 2.05) is 0 Å². The number of rotatable bonds is 5. The third-order valence-corrected chi connectivity index (χ3v) is 5.51. The summed E-state index contributed by atoms with van der Waals surface area (Å²) >= 11 is 7.56. The van der Waals surface area contributed by atoms with E-state index in [9.17, 15) is 0 Å². The molecule has 1 fully saturated rings.